The number of aromatic nitrogens is 4. The van der Waals surface area contributed by atoms with E-state index in [9.17, 15) is 4.79 Å². The SMILES string of the molecule is COc1ccc(CNC(=O)Cn2nc(-c3nc(-c4ccc(C)cc4)no3)c3ccccc32)cc1. The maximum atomic E-state index is 12.7. The number of rotatable bonds is 7. The Balaban J connectivity index is 1.36. The number of nitrogens with zero attached hydrogens (tertiary/aromatic N) is 4. The van der Waals surface area contributed by atoms with Gasteiger partial charge in [0.1, 0.15) is 12.3 Å². The molecule has 2 aromatic heterocycles. The molecule has 34 heavy (non-hydrogen) atoms. The number of benzene rings is 3. The number of carbonyl (C=O) groups is 1. The molecule has 8 heteroatoms. The highest BCUT2D eigenvalue weighted by molar-refractivity contribution is 5.92. The first kappa shape index (κ1) is 21.4. The van der Waals surface area contributed by atoms with E-state index in [1.807, 2.05) is 79.7 Å². The monoisotopic (exact) mass is 453 g/mol. The van der Waals surface area contributed by atoms with Gasteiger partial charge in [0.05, 0.1) is 12.6 Å². The van der Waals surface area contributed by atoms with Crippen molar-refractivity contribution in [1.82, 2.24) is 25.2 Å². The molecule has 0 unspecified atom stereocenters. The lowest BCUT2D eigenvalue weighted by molar-refractivity contribution is -0.121. The van der Waals surface area contributed by atoms with Gasteiger partial charge in [-0.2, -0.15) is 10.1 Å². The second kappa shape index (κ2) is 9.19. The summed E-state index contributed by atoms with van der Waals surface area (Å²) in [5, 5.41) is 12.5. The molecule has 3 aromatic carbocycles. The van der Waals surface area contributed by atoms with Gasteiger partial charge in [0, 0.05) is 17.5 Å². The number of fused-ring (bicyclic) bond motifs is 1. The van der Waals surface area contributed by atoms with Crippen LogP contribution in [0.15, 0.2) is 77.3 Å². The van der Waals surface area contributed by atoms with E-state index in [1.165, 1.54) is 0 Å². The molecular weight excluding hydrogens is 430 g/mol. The highest BCUT2D eigenvalue weighted by Gasteiger charge is 2.19. The molecular formula is C26H23N5O3. The minimum atomic E-state index is -0.151. The molecule has 170 valence electrons. The Morgan fingerprint density at radius 2 is 1.79 bits per heavy atom. The van der Waals surface area contributed by atoms with Gasteiger partial charge in [-0.1, -0.05) is 65.3 Å². The summed E-state index contributed by atoms with van der Waals surface area (Å²) in [4.78, 5) is 17.2. The van der Waals surface area contributed by atoms with Crippen LogP contribution in [0.4, 0.5) is 0 Å². The predicted molar refractivity (Wildman–Crippen MR) is 128 cm³/mol. The zero-order valence-electron chi connectivity index (χ0n) is 18.9. The fraction of sp³-hybridized carbons (Fsp3) is 0.154. The van der Waals surface area contributed by atoms with Gasteiger partial charge in [-0.25, -0.2) is 0 Å². The molecule has 0 saturated carbocycles. The topological polar surface area (TPSA) is 95.1 Å². The minimum absolute atomic E-state index is 0.0651. The molecule has 0 radical (unpaired) electrons. The molecule has 0 aliphatic heterocycles. The van der Waals surface area contributed by atoms with E-state index in [0.717, 1.165) is 33.3 Å². The molecule has 0 atom stereocenters. The average Bonchev–Trinajstić information content (AvgIpc) is 3.49. The molecule has 1 amide bonds. The Bertz CT molecular complexity index is 1440. The summed E-state index contributed by atoms with van der Waals surface area (Å²) in [6.45, 7) is 2.51. The van der Waals surface area contributed by atoms with Gasteiger partial charge >= 0.3 is 0 Å². The first-order valence-corrected chi connectivity index (χ1v) is 10.9. The number of hydrogen-bond donors (Lipinski definition) is 1. The zero-order chi connectivity index (χ0) is 23.5. The molecule has 0 saturated heterocycles. The van der Waals surface area contributed by atoms with Gasteiger partial charge in [-0.3, -0.25) is 9.48 Å². The molecule has 5 rings (SSSR count). The van der Waals surface area contributed by atoms with Crippen LogP contribution in [-0.2, 0) is 17.9 Å². The van der Waals surface area contributed by atoms with Crippen LogP contribution in [-0.4, -0.2) is 32.9 Å². The molecule has 2 heterocycles. The van der Waals surface area contributed by atoms with Gasteiger partial charge in [-0.05, 0) is 30.7 Å². The Kier molecular flexibility index (Phi) is 5.78. The molecule has 0 spiro atoms. The third kappa shape index (κ3) is 4.38. The lowest BCUT2D eigenvalue weighted by atomic mass is 10.1. The van der Waals surface area contributed by atoms with Gasteiger partial charge in [0.25, 0.3) is 5.89 Å². The summed E-state index contributed by atoms with van der Waals surface area (Å²) >= 11 is 0. The van der Waals surface area contributed by atoms with Crippen molar-refractivity contribution in [3.63, 3.8) is 0 Å². The smallest absolute Gasteiger partial charge is 0.279 e. The Morgan fingerprint density at radius 3 is 2.56 bits per heavy atom. The van der Waals surface area contributed by atoms with E-state index < -0.39 is 0 Å². The molecule has 0 bridgehead atoms. The molecule has 5 aromatic rings. The summed E-state index contributed by atoms with van der Waals surface area (Å²) in [5.74, 6) is 1.42. The fourth-order valence-electron chi connectivity index (χ4n) is 3.68. The second-order valence-corrected chi connectivity index (χ2v) is 7.94. The number of para-hydroxylation sites is 1. The summed E-state index contributed by atoms with van der Waals surface area (Å²) < 4.78 is 12.4. The summed E-state index contributed by atoms with van der Waals surface area (Å²) in [7, 11) is 1.62. The van der Waals surface area contributed by atoms with Crippen molar-refractivity contribution in [3.8, 4) is 28.7 Å². The largest absolute Gasteiger partial charge is 0.497 e. The van der Waals surface area contributed by atoms with E-state index in [1.54, 1.807) is 11.8 Å². The highest BCUT2D eigenvalue weighted by atomic mass is 16.5. The lowest BCUT2D eigenvalue weighted by Gasteiger charge is -2.07. The van der Waals surface area contributed by atoms with Crippen LogP contribution in [0.3, 0.4) is 0 Å². The maximum Gasteiger partial charge on any atom is 0.279 e. The number of nitrogens with one attached hydrogen (secondary N) is 1. The van der Waals surface area contributed by atoms with E-state index in [2.05, 4.69) is 20.6 Å². The molecule has 1 N–H and O–H groups in total. The van der Waals surface area contributed by atoms with Gasteiger partial charge in [0.15, 0.2) is 5.69 Å². The summed E-state index contributed by atoms with van der Waals surface area (Å²) in [6, 6.07) is 23.1. The van der Waals surface area contributed by atoms with Crippen LogP contribution in [0, 0.1) is 6.92 Å². The van der Waals surface area contributed by atoms with Gasteiger partial charge in [0.2, 0.25) is 11.7 Å². The average molecular weight is 454 g/mol. The number of amides is 1. The van der Waals surface area contributed by atoms with E-state index in [-0.39, 0.29) is 12.5 Å². The number of aryl methyl sites for hydroxylation is 1. The van der Waals surface area contributed by atoms with Crippen molar-refractivity contribution >= 4 is 16.8 Å². The Morgan fingerprint density at radius 1 is 1.03 bits per heavy atom. The predicted octanol–water partition coefficient (Wildman–Crippen LogP) is 4.39. The molecule has 0 fully saturated rings. The van der Waals surface area contributed by atoms with Crippen molar-refractivity contribution in [3.05, 3.63) is 83.9 Å². The van der Waals surface area contributed by atoms with Crippen LogP contribution in [0.1, 0.15) is 11.1 Å². The van der Waals surface area contributed by atoms with Gasteiger partial charge in [-0.15, -0.1) is 0 Å². The number of hydrogen-bond acceptors (Lipinski definition) is 6. The lowest BCUT2D eigenvalue weighted by Crippen LogP contribution is -2.27. The highest BCUT2D eigenvalue weighted by Crippen LogP contribution is 2.28. The van der Waals surface area contributed by atoms with Crippen molar-refractivity contribution in [2.24, 2.45) is 0 Å². The third-order valence-electron chi connectivity index (χ3n) is 5.54. The van der Waals surface area contributed by atoms with Crippen molar-refractivity contribution < 1.29 is 14.1 Å². The van der Waals surface area contributed by atoms with Crippen LogP contribution in [0.25, 0.3) is 33.9 Å². The molecule has 0 aliphatic carbocycles. The zero-order valence-corrected chi connectivity index (χ0v) is 18.9. The first-order valence-electron chi connectivity index (χ1n) is 10.9. The van der Waals surface area contributed by atoms with Crippen molar-refractivity contribution in [2.45, 2.75) is 20.0 Å². The second-order valence-electron chi connectivity index (χ2n) is 7.94. The van der Waals surface area contributed by atoms with Crippen molar-refractivity contribution in [1.29, 1.82) is 0 Å². The van der Waals surface area contributed by atoms with Crippen LogP contribution in [0.5, 0.6) is 5.75 Å². The van der Waals surface area contributed by atoms with Gasteiger partial charge < -0.3 is 14.6 Å². The Labute approximate surface area is 196 Å². The quantitative estimate of drug-likeness (QED) is 0.393. The van der Waals surface area contributed by atoms with E-state index in [4.69, 9.17) is 9.26 Å². The molecule has 8 nitrogen and oxygen atoms in total. The molecule has 0 aliphatic rings. The standard InChI is InChI=1S/C26H23N5O3/c1-17-7-11-19(12-8-17)25-28-26(34-30-25)24-21-5-3-4-6-22(21)31(29-24)16-23(32)27-15-18-9-13-20(33-2)14-10-18/h3-14H,15-16H2,1-2H3,(H,27,32). The van der Waals surface area contributed by atoms with Crippen LogP contribution < -0.4 is 10.1 Å². The fourth-order valence-corrected chi connectivity index (χ4v) is 3.68. The van der Waals surface area contributed by atoms with E-state index in [0.29, 0.717) is 24.0 Å². The minimum Gasteiger partial charge on any atom is -0.497 e. The maximum absolute atomic E-state index is 12.7. The number of methoxy groups -OCH3 is 1. The summed E-state index contributed by atoms with van der Waals surface area (Å²) in [5.41, 5.74) is 4.36. The first-order chi connectivity index (χ1) is 16.6. The summed E-state index contributed by atoms with van der Waals surface area (Å²) in [6.07, 6.45) is 0. The number of carbonyl (C=O) groups excluding carboxylic acids is 1. The normalized spacial score (nSPS) is 11.0. The van der Waals surface area contributed by atoms with Crippen molar-refractivity contribution in [2.75, 3.05) is 7.11 Å². The van der Waals surface area contributed by atoms with Crippen LogP contribution >= 0.6 is 0 Å². The number of ether oxygens (including phenoxy) is 1. The van der Waals surface area contributed by atoms with Crippen LogP contribution in [0.2, 0.25) is 0 Å². The third-order valence-corrected chi connectivity index (χ3v) is 5.54. The Hall–Kier alpha value is -4.46. The van der Waals surface area contributed by atoms with E-state index >= 15 is 0 Å².